The van der Waals surface area contributed by atoms with Gasteiger partial charge in [-0.3, -0.25) is 0 Å². The zero-order valence-corrected chi connectivity index (χ0v) is 14.0. The van der Waals surface area contributed by atoms with E-state index in [9.17, 15) is 8.78 Å². The molecular weight excluding hydrogens is 336 g/mol. The van der Waals surface area contributed by atoms with E-state index >= 15 is 0 Å². The molecule has 26 heavy (non-hydrogen) atoms. The van der Waals surface area contributed by atoms with E-state index in [1.807, 2.05) is 6.07 Å². The van der Waals surface area contributed by atoms with E-state index in [2.05, 4.69) is 6.07 Å². The maximum absolute atomic E-state index is 13.6. The minimum atomic E-state index is -0.954. The molecule has 0 heterocycles. The van der Waals surface area contributed by atoms with Crippen molar-refractivity contribution in [1.29, 1.82) is 5.26 Å². The summed E-state index contributed by atoms with van der Waals surface area (Å²) in [6.45, 7) is 0.323. The summed E-state index contributed by atoms with van der Waals surface area (Å²) in [5, 5.41) is 8.91. The van der Waals surface area contributed by atoms with Crippen molar-refractivity contribution in [3.63, 3.8) is 0 Å². The summed E-state index contributed by atoms with van der Waals surface area (Å²) < 4.78 is 37.7. The van der Waals surface area contributed by atoms with Gasteiger partial charge in [0.05, 0.1) is 18.7 Å². The molecule has 0 fully saturated rings. The molecule has 0 saturated heterocycles. The van der Waals surface area contributed by atoms with Crippen molar-refractivity contribution in [2.75, 3.05) is 7.11 Å². The van der Waals surface area contributed by atoms with E-state index in [0.29, 0.717) is 29.0 Å². The van der Waals surface area contributed by atoms with Crippen LogP contribution in [0.2, 0.25) is 0 Å². The Labute approximate surface area is 150 Å². The second-order valence-corrected chi connectivity index (χ2v) is 5.59. The van der Waals surface area contributed by atoms with Gasteiger partial charge in [-0.15, -0.1) is 0 Å². The van der Waals surface area contributed by atoms with Crippen LogP contribution in [0.1, 0.15) is 11.1 Å². The van der Waals surface area contributed by atoms with Crippen LogP contribution in [-0.2, 0) is 6.61 Å². The summed E-state index contributed by atoms with van der Waals surface area (Å²) >= 11 is 0. The molecule has 130 valence electrons. The molecule has 0 spiro atoms. The molecule has 3 aromatic carbocycles. The van der Waals surface area contributed by atoms with E-state index in [1.165, 1.54) is 7.11 Å². The molecular formula is C21H15F2NO2. The lowest BCUT2D eigenvalue weighted by Crippen LogP contribution is -1.96. The van der Waals surface area contributed by atoms with Gasteiger partial charge in [-0.25, -0.2) is 8.78 Å². The zero-order valence-electron chi connectivity index (χ0n) is 14.0. The first-order chi connectivity index (χ1) is 12.6. The molecule has 0 atom stereocenters. The number of nitrogens with zero attached hydrogens (tertiary/aromatic N) is 1. The first-order valence-electron chi connectivity index (χ1n) is 7.86. The first kappa shape index (κ1) is 17.4. The van der Waals surface area contributed by atoms with Crippen molar-refractivity contribution < 1.29 is 18.3 Å². The Morgan fingerprint density at radius 1 is 0.962 bits per heavy atom. The summed E-state index contributed by atoms with van der Waals surface area (Å²) in [6, 6.07) is 18.4. The smallest absolute Gasteiger partial charge is 0.162 e. The average molecular weight is 351 g/mol. The Bertz CT molecular complexity index is 963. The number of rotatable bonds is 5. The lowest BCUT2D eigenvalue weighted by Gasteiger charge is -2.11. The molecule has 0 amide bonds. The van der Waals surface area contributed by atoms with Crippen molar-refractivity contribution in [2.45, 2.75) is 6.61 Å². The quantitative estimate of drug-likeness (QED) is 0.643. The molecule has 0 bridgehead atoms. The Kier molecular flexibility index (Phi) is 5.14. The van der Waals surface area contributed by atoms with Crippen LogP contribution in [0.3, 0.4) is 0 Å². The Morgan fingerprint density at radius 3 is 2.38 bits per heavy atom. The molecule has 5 heteroatoms. The fourth-order valence-electron chi connectivity index (χ4n) is 2.55. The number of hydrogen-bond donors (Lipinski definition) is 0. The second-order valence-electron chi connectivity index (χ2n) is 5.59. The predicted molar refractivity (Wildman–Crippen MR) is 93.8 cm³/mol. The molecule has 0 unspecified atom stereocenters. The molecule has 3 rings (SSSR count). The third kappa shape index (κ3) is 3.81. The van der Waals surface area contributed by atoms with Crippen molar-refractivity contribution in [1.82, 2.24) is 0 Å². The van der Waals surface area contributed by atoms with Gasteiger partial charge >= 0.3 is 0 Å². The summed E-state index contributed by atoms with van der Waals surface area (Å²) in [6.07, 6.45) is 0. The van der Waals surface area contributed by atoms with E-state index in [4.69, 9.17) is 14.7 Å². The van der Waals surface area contributed by atoms with Gasteiger partial charge in [-0.05, 0) is 41.5 Å². The van der Waals surface area contributed by atoms with Gasteiger partial charge < -0.3 is 9.47 Å². The molecule has 3 aromatic rings. The van der Waals surface area contributed by atoms with Crippen LogP contribution in [0.4, 0.5) is 8.78 Å². The Morgan fingerprint density at radius 2 is 1.69 bits per heavy atom. The van der Waals surface area contributed by atoms with Crippen LogP contribution in [0.5, 0.6) is 11.5 Å². The number of halogens is 2. The number of benzene rings is 3. The van der Waals surface area contributed by atoms with Gasteiger partial charge in [0.25, 0.3) is 0 Å². The minimum Gasteiger partial charge on any atom is -0.496 e. The van der Waals surface area contributed by atoms with Crippen LogP contribution >= 0.6 is 0 Å². The summed E-state index contributed by atoms with van der Waals surface area (Å²) in [5.74, 6) is -1.01. The standard InChI is InChI=1S/C21H15F2NO2/c1-25-21-11-20(23)19(22)10-18(21)16-5-7-17(8-6-16)26-13-15-4-2-3-14(9-15)12-24/h2-11H,13H2,1H3. The molecule has 0 radical (unpaired) electrons. The van der Waals surface area contributed by atoms with Gasteiger partial charge in [0.15, 0.2) is 11.6 Å². The maximum atomic E-state index is 13.6. The Balaban J connectivity index is 1.77. The molecule has 0 aliphatic rings. The van der Waals surface area contributed by atoms with Gasteiger partial charge in [-0.1, -0.05) is 24.3 Å². The van der Waals surface area contributed by atoms with E-state index in [-0.39, 0.29) is 5.75 Å². The third-order valence-corrected chi connectivity index (χ3v) is 3.87. The molecule has 0 saturated carbocycles. The Hall–Kier alpha value is -3.39. The van der Waals surface area contributed by atoms with Crippen molar-refractivity contribution >= 4 is 0 Å². The largest absolute Gasteiger partial charge is 0.496 e. The van der Waals surface area contributed by atoms with Crippen molar-refractivity contribution in [2.24, 2.45) is 0 Å². The number of nitriles is 1. The second kappa shape index (κ2) is 7.66. The monoisotopic (exact) mass is 351 g/mol. The lowest BCUT2D eigenvalue weighted by molar-refractivity contribution is 0.306. The van der Waals surface area contributed by atoms with Crippen LogP contribution in [0, 0.1) is 23.0 Å². The highest BCUT2D eigenvalue weighted by atomic mass is 19.2. The van der Waals surface area contributed by atoms with Gasteiger partial charge in [-0.2, -0.15) is 5.26 Å². The average Bonchev–Trinajstić information content (AvgIpc) is 2.68. The van der Waals surface area contributed by atoms with Crippen LogP contribution < -0.4 is 9.47 Å². The van der Waals surface area contributed by atoms with Crippen LogP contribution in [0.25, 0.3) is 11.1 Å². The molecule has 3 nitrogen and oxygen atoms in total. The minimum absolute atomic E-state index is 0.255. The summed E-state index contributed by atoms with van der Waals surface area (Å²) in [7, 11) is 1.41. The van der Waals surface area contributed by atoms with Gasteiger partial charge in [0, 0.05) is 11.6 Å². The van der Waals surface area contributed by atoms with Gasteiger partial charge in [0.2, 0.25) is 0 Å². The molecule has 0 N–H and O–H groups in total. The fraction of sp³-hybridized carbons (Fsp3) is 0.0952. The number of hydrogen-bond acceptors (Lipinski definition) is 3. The normalized spacial score (nSPS) is 10.2. The fourth-order valence-corrected chi connectivity index (χ4v) is 2.55. The van der Waals surface area contributed by atoms with Crippen molar-refractivity contribution in [3.05, 3.63) is 83.4 Å². The van der Waals surface area contributed by atoms with Crippen molar-refractivity contribution in [3.8, 4) is 28.7 Å². The maximum Gasteiger partial charge on any atom is 0.162 e. The van der Waals surface area contributed by atoms with Gasteiger partial charge in [0.1, 0.15) is 18.1 Å². The van der Waals surface area contributed by atoms with E-state index in [0.717, 1.165) is 17.7 Å². The van der Waals surface area contributed by atoms with E-state index in [1.54, 1.807) is 42.5 Å². The third-order valence-electron chi connectivity index (χ3n) is 3.87. The van der Waals surface area contributed by atoms with Crippen LogP contribution in [0.15, 0.2) is 60.7 Å². The zero-order chi connectivity index (χ0) is 18.5. The highest BCUT2D eigenvalue weighted by Crippen LogP contribution is 2.33. The topological polar surface area (TPSA) is 42.2 Å². The summed E-state index contributed by atoms with van der Waals surface area (Å²) in [4.78, 5) is 0. The van der Waals surface area contributed by atoms with E-state index < -0.39 is 11.6 Å². The molecule has 0 aromatic heterocycles. The highest BCUT2D eigenvalue weighted by Gasteiger charge is 2.12. The van der Waals surface area contributed by atoms with Crippen LogP contribution in [-0.4, -0.2) is 7.11 Å². The predicted octanol–water partition coefficient (Wildman–Crippen LogP) is 5.09. The summed E-state index contributed by atoms with van der Waals surface area (Å²) in [5.41, 5.74) is 2.60. The lowest BCUT2D eigenvalue weighted by atomic mass is 10.0. The molecule has 0 aliphatic heterocycles. The number of ether oxygens (including phenoxy) is 2. The molecule has 0 aliphatic carbocycles. The SMILES string of the molecule is COc1cc(F)c(F)cc1-c1ccc(OCc2cccc(C#N)c2)cc1. The highest BCUT2D eigenvalue weighted by molar-refractivity contribution is 5.71. The first-order valence-corrected chi connectivity index (χ1v) is 7.86. The number of methoxy groups -OCH3 is 1.